The molecule has 1 fully saturated rings. The summed E-state index contributed by atoms with van der Waals surface area (Å²) in [5.74, 6) is 0.107. The molecule has 2 rings (SSSR count). The Morgan fingerprint density at radius 1 is 1.77 bits per heavy atom. The van der Waals surface area contributed by atoms with E-state index in [1.54, 1.807) is 16.8 Å². The zero-order chi connectivity index (χ0) is 9.10. The van der Waals surface area contributed by atoms with Crippen molar-refractivity contribution in [3.63, 3.8) is 0 Å². The minimum atomic E-state index is -0.0262. The van der Waals surface area contributed by atoms with Crippen molar-refractivity contribution in [1.29, 1.82) is 0 Å². The van der Waals surface area contributed by atoms with Gasteiger partial charge in [-0.25, -0.2) is 4.98 Å². The second-order valence-corrected chi connectivity index (χ2v) is 3.71. The van der Waals surface area contributed by atoms with E-state index < -0.39 is 0 Å². The maximum Gasteiger partial charge on any atom is 0.237 e. The van der Waals surface area contributed by atoms with Crippen LogP contribution in [0.5, 0.6) is 0 Å². The summed E-state index contributed by atoms with van der Waals surface area (Å²) in [6.45, 7) is 1.47. The molecule has 1 aromatic heterocycles. The van der Waals surface area contributed by atoms with Crippen molar-refractivity contribution in [2.24, 2.45) is 0 Å². The standard InChI is InChI=1S/C8H11N3OS/c12-8-7(1-2-9-8)10-3-6-4-13-5-11-6/h4-5,7,10H,1-3H2,(H,9,12). The molecule has 0 aromatic carbocycles. The lowest BCUT2D eigenvalue weighted by Gasteiger charge is -2.07. The van der Waals surface area contributed by atoms with Gasteiger partial charge >= 0.3 is 0 Å². The summed E-state index contributed by atoms with van der Waals surface area (Å²) < 4.78 is 0. The van der Waals surface area contributed by atoms with E-state index in [1.165, 1.54) is 0 Å². The lowest BCUT2D eigenvalue weighted by Crippen LogP contribution is -2.35. The molecule has 1 atom stereocenters. The minimum Gasteiger partial charge on any atom is -0.355 e. The quantitative estimate of drug-likeness (QED) is 0.723. The fourth-order valence-corrected chi connectivity index (χ4v) is 1.90. The topological polar surface area (TPSA) is 54.0 Å². The Morgan fingerprint density at radius 2 is 2.69 bits per heavy atom. The summed E-state index contributed by atoms with van der Waals surface area (Å²) >= 11 is 1.57. The first-order valence-corrected chi connectivity index (χ1v) is 5.19. The third-order valence-corrected chi connectivity index (χ3v) is 2.70. The van der Waals surface area contributed by atoms with E-state index in [0.29, 0.717) is 6.54 Å². The summed E-state index contributed by atoms with van der Waals surface area (Å²) in [5.41, 5.74) is 2.80. The fraction of sp³-hybridized carbons (Fsp3) is 0.500. The van der Waals surface area contributed by atoms with Crippen LogP contribution >= 0.6 is 11.3 Å². The molecular weight excluding hydrogens is 186 g/mol. The smallest absolute Gasteiger partial charge is 0.237 e. The van der Waals surface area contributed by atoms with Crippen LogP contribution in [-0.4, -0.2) is 23.5 Å². The lowest BCUT2D eigenvalue weighted by molar-refractivity contribution is -0.120. The molecule has 0 saturated carbocycles. The van der Waals surface area contributed by atoms with Gasteiger partial charge in [-0.15, -0.1) is 11.3 Å². The molecule has 1 unspecified atom stereocenters. The zero-order valence-corrected chi connectivity index (χ0v) is 7.93. The van der Waals surface area contributed by atoms with Crippen molar-refractivity contribution < 1.29 is 4.79 Å². The highest BCUT2D eigenvalue weighted by molar-refractivity contribution is 7.07. The third kappa shape index (κ3) is 2.05. The number of carbonyl (C=O) groups excluding carboxylic acids is 1. The van der Waals surface area contributed by atoms with Gasteiger partial charge in [0.2, 0.25) is 5.91 Å². The zero-order valence-electron chi connectivity index (χ0n) is 7.12. The highest BCUT2D eigenvalue weighted by Crippen LogP contribution is 2.03. The molecule has 2 N–H and O–H groups in total. The van der Waals surface area contributed by atoms with Crippen LogP contribution in [0.15, 0.2) is 10.9 Å². The largest absolute Gasteiger partial charge is 0.355 e. The number of carbonyl (C=O) groups is 1. The van der Waals surface area contributed by atoms with Gasteiger partial charge < -0.3 is 10.6 Å². The van der Waals surface area contributed by atoms with Crippen molar-refractivity contribution in [2.75, 3.05) is 6.54 Å². The van der Waals surface area contributed by atoms with Crippen molar-refractivity contribution >= 4 is 17.2 Å². The number of nitrogens with one attached hydrogen (secondary N) is 2. The van der Waals surface area contributed by atoms with Gasteiger partial charge in [0, 0.05) is 18.5 Å². The van der Waals surface area contributed by atoms with Crippen LogP contribution in [0.3, 0.4) is 0 Å². The first-order chi connectivity index (χ1) is 6.36. The average molecular weight is 197 g/mol. The van der Waals surface area contributed by atoms with E-state index in [-0.39, 0.29) is 11.9 Å². The highest BCUT2D eigenvalue weighted by atomic mass is 32.1. The van der Waals surface area contributed by atoms with Gasteiger partial charge in [0.1, 0.15) is 0 Å². The van der Waals surface area contributed by atoms with E-state index in [2.05, 4.69) is 15.6 Å². The number of aromatic nitrogens is 1. The van der Waals surface area contributed by atoms with Gasteiger partial charge in [-0.05, 0) is 6.42 Å². The monoisotopic (exact) mass is 197 g/mol. The van der Waals surface area contributed by atoms with E-state index in [0.717, 1.165) is 18.7 Å². The maximum absolute atomic E-state index is 11.1. The molecule has 1 aliphatic rings. The van der Waals surface area contributed by atoms with Gasteiger partial charge in [-0.1, -0.05) is 0 Å². The molecular formula is C8H11N3OS. The Balaban J connectivity index is 1.82. The van der Waals surface area contributed by atoms with E-state index in [4.69, 9.17) is 0 Å². The van der Waals surface area contributed by atoms with Crippen LogP contribution in [-0.2, 0) is 11.3 Å². The van der Waals surface area contributed by atoms with Crippen LogP contribution < -0.4 is 10.6 Å². The van der Waals surface area contributed by atoms with Crippen molar-refractivity contribution in [1.82, 2.24) is 15.6 Å². The second-order valence-electron chi connectivity index (χ2n) is 2.99. The molecule has 1 aliphatic heterocycles. The minimum absolute atomic E-state index is 0.0262. The Kier molecular flexibility index (Phi) is 2.56. The summed E-state index contributed by atoms with van der Waals surface area (Å²) in [5, 5.41) is 7.93. The molecule has 0 bridgehead atoms. The van der Waals surface area contributed by atoms with Crippen molar-refractivity contribution in [3.05, 3.63) is 16.6 Å². The molecule has 0 radical (unpaired) electrons. The van der Waals surface area contributed by atoms with Crippen molar-refractivity contribution in [3.8, 4) is 0 Å². The normalized spacial score (nSPS) is 21.8. The number of nitrogens with zero attached hydrogens (tertiary/aromatic N) is 1. The first-order valence-electron chi connectivity index (χ1n) is 4.24. The number of rotatable bonds is 3. The fourth-order valence-electron chi connectivity index (χ4n) is 1.34. The third-order valence-electron chi connectivity index (χ3n) is 2.06. The Bertz CT molecular complexity index is 286. The SMILES string of the molecule is O=C1NCCC1NCc1cscn1. The number of hydrogen-bond donors (Lipinski definition) is 2. The molecule has 13 heavy (non-hydrogen) atoms. The molecule has 5 heteroatoms. The van der Waals surface area contributed by atoms with Crippen LogP contribution in [0.2, 0.25) is 0 Å². The molecule has 4 nitrogen and oxygen atoms in total. The van der Waals surface area contributed by atoms with Gasteiger partial charge in [-0.3, -0.25) is 4.79 Å². The maximum atomic E-state index is 11.1. The first kappa shape index (κ1) is 8.65. The van der Waals surface area contributed by atoms with E-state index >= 15 is 0 Å². The molecule has 1 aromatic rings. The summed E-state index contributed by atoms with van der Waals surface area (Å²) in [6, 6.07) is -0.0262. The van der Waals surface area contributed by atoms with E-state index in [1.807, 2.05) is 5.38 Å². The number of amides is 1. The summed E-state index contributed by atoms with van der Waals surface area (Å²) in [7, 11) is 0. The molecule has 1 amide bonds. The number of thiazole rings is 1. The predicted octanol–water partition coefficient (Wildman–Crippen LogP) is 0.121. The van der Waals surface area contributed by atoms with Crippen molar-refractivity contribution in [2.45, 2.75) is 19.0 Å². The van der Waals surface area contributed by atoms with Crippen LogP contribution in [0, 0.1) is 0 Å². The lowest BCUT2D eigenvalue weighted by atomic mass is 10.2. The number of hydrogen-bond acceptors (Lipinski definition) is 4. The highest BCUT2D eigenvalue weighted by Gasteiger charge is 2.22. The van der Waals surface area contributed by atoms with Gasteiger partial charge in [0.25, 0.3) is 0 Å². The Morgan fingerprint density at radius 3 is 3.31 bits per heavy atom. The molecule has 2 heterocycles. The van der Waals surface area contributed by atoms with E-state index in [9.17, 15) is 4.79 Å². The molecule has 70 valence electrons. The van der Waals surface area contributed by atoms with Crippen LogP contribution in [0.25, 0.3) is 0 Å². The molecule has 1 saturated heterocycles. The van der Waals surface area contributed by atoms with Gasteiger partial charge in [0.05, 0.1) is 17.2 Å². The summed E-state index contributed by atoms with van der Waals surface area (Å²) in [4.78, 5) is 15.3. The van der Waals surface area contributed by atoms with Crippen LogP contribution in [0.1, 0.15) is 12.1 Å². The predicted molar refractivity (Wildman–Crippen MR) is 50.4 cm³/mol. The average Bonchev–Trinajstić information content (AvgIpc) is 2.72. The van der Waals surface area contributed by atoms with Gasteiger partial charge in [-0.2, -0.15) is 0 Å². The molecule has 0 aliphatic carbocycles. The summed E-state index contributed by atoms with van der Waals surface area (Å²) in [6.07, 6.45) is 0.878. The van der Waals surface area contributed by atoms with Crippen LogP contribution in [0.4, 0.5) is 0 Å². The van der Waals surface area contributed by atoms with Gasteiger partial charge in [0.15, 0.2) is 0 Å². The Labute approximate surface area is 80.4 Å². The second kappa shape index (κ2) is 3.85. The molecule has 0 spiro atoms. The Hall–Kier alpha value is -0.940.